The maximum atomic E-state index is 13.2. The van der Waals surface area contributed by atoms with E-state index in [0.717, 1.165) is 16.7 Å². The first-order valence-electron chi connectivity index (χ1n) is 10.1. The Balaban J connectivity index is 2.23. The highest BCUT2D eigenvalue weighted by molar-refractivity contribution is 6.32. The van der Waals surface area contributed by atoms with Crippen LogP contribution in [0.25, 0.3) is 0 Å². The zero-order valence-electron chi connectivity index (χ0n) is 17.8. The van der Waals surface area contributed by atoms with E-state index in [1.807, 2.05) is 43.3 Å². The third-order valence-electron chi connectivity index (χ3n) is 5.88. The second kappa shape index (κ2) is 8.68. The molecule has 0 N–H and O–H groups in total. The Hall–Kier alpha value is -2.53. The number of ether oxygens (including phenoxy) is 3. The Morgan fingerprint density at radius 2 is 1.67 bits per heavy atom. The minimum atomic E-state index is -1.43. The van der Waals surface area contributed by atoms with Crippen LogP contribution < -0.4 is 4.74 Å². The van der Waals surface area contributed by atoms with Crippen molar-refractivity contribution in [2.45, 2.75) is 39.0 Å². The highest BCUT2D eigenvalue weighted by atomic mass is 35.5. The Morgan fingerprint density at radius 1 is 1.03 bits per heavy atom. The van der Waals surface area contributed by atoms with Gasteiger partial charge in [-0.25, -0.2) is 0 Å². The highest BCUT2D eigenvalue weighted by Crippen LogP contribution is 2.51. The minimum absolute atomic E-state index is 0.187. The van der Waals surface area contributed by atoms with Crippen LogP contribution in [-0.2, 0) is 30.9 Å². The summed E-state index contributed by atoms with van der Waals surface area (Å²) in [4.78, 5) is 26.3. The van der Waals surface area contributed by atoms with Crippen molar-refractivity contribution in [2.24, 2.45) is 5.41 Å². The number of hydrogen-bond donors (Lipinski definition) is 0. The SMILES string of the molecule is CCOC(=O)C1(C(=O)OCC)Cc2ccccc2C(C)(c2ccc(OC)c(Cl)c2)C1. The van der Waals surface area contributed by atoms with E-state index in [4.69, 9.17) is 25.8 Å². The van der Waals surface area contributed by atoms with Gasteiger partial charge in [-0.3, -0.25) is 9.59 Å². The first kappa shape index (κ1) is 22.2. The molecule has 0 aromatic heterocycles. The molecule has 5 nitrogen and oxygen atoms in total. The van der Waals surface area contributed by atoms with Crippen molar-refractivity contribution in [1.82, 2.24) is 0 Å². The number of halogens is 1. The van der Waals surface area contributed by atoms with Gasteiger partial charge in [0.2, 0.25) is 0 Å². The molecule has 1 aliphatic rings. The molecule has 0 heterocycles. The molecule has 1 unspecified atom stereocenters. The van der Waals surface area contributed by atoms with Gasteiger partial charge in [-0.15, -0.1) is 0 Å². The van der Waals surface area contributed by atoms with Crippen LogP contribution in [0.2, 0.25) is 5.02 Å². The topological polar surface area (TPSA) is 61.8 Å². The molecule has 160 valence electrons. The molecule has 0 amide bonds. The Bertz CT molecular complexity index is 936. The lowest BCUT2D eigenvalue weighted by molar-refractivity contribution is -0.174. The molecule has 0 aliphatic heterocycles. The van der Waals surface area contributed by atoms with Crippen molar-refractivity contribution >= 4 is 23.5 Å². The van der Waals surface area contributed by atoms with E-state index in [1.165, 1.54) is 0 Å². The zero-order chi connectivity index (χ0) is 21.9. The van der Waals surface area contributed by atoms with Crippen LogP contribution in [-0.4, -0.2) is 32.3 Å². The summed E-state index contributed by atoms with van der Waals surface area (Å²) in [5.41, 5.74) is 0.763. The quantitative estimate of drug-likeness (QED) is 0.490. The van der Waals surface area contributed by atoms with E-state index >= 15 is 0 Å². The van der Waals surface area contributed by atoms with Gasteiger partial charge in [-0.2, -0.15) is 0 Å². The summed E-state index contributed by atoms with van der Waals surface area (Å²) in [7, 11) is 1.56. The monoisotopic (exact) mass is 430 g/mol. The molecular formula is C24H27ClO5. The Kier molecular flexibility index (Phi) is 6.41. The fourth-order valence-electron chi connectivity index (χ4n) is 4.48. The summed E-state index contributed by atoms with van der Waals surface area (Å²) in [6.45, 7) is 5.86. The first-order chi connectivity index (χ1) is 14.3. The molecule has 0 saturated carbocycles. The van der Waals surface area contributed by atoms with E-state index in [1.54, 1.807) is 27.0 Å². The molecule has 0 spiro atoms. The first-order valence-corrected chi connectivity index (χ1v) is 10.5. The third-order valence-corrected chi connectivity index (χ3v) is 6.18. The van der Waals surface area contributed by atoms with E-state index in [0.29, 0.717) is 10.8 Å². The van der Waals surface area contributed by atoms with Crippen LogP contribution in [0.3, 0.4) is 0 Å². The predicted octanol–water partition coefficient (Wildman–Crippen LogP) is 4.71. The Labute approximate surface area is 182 Å². The van der Waals surface area contributed by atoms with Crippen LogP contribution in [0.4, 0.5) is 0 Å². The van der Waals surface area contributed by atoms with Crippen LogP contribution in [0.5, 0.6) is 5.75 Å². The molecular weight excluding hydrogens is 404 g/mol. The molecule has 1 atom stereocenters. The fraction of sp³-hybridized carbons (Fsp3) is 0.417. The predicted molar refractivity (Wildman–Crippen MR) is 115 cm³/mol. The molecule has 30 heavy (non-hydrogen) atoms. The zero-order valence-corrected chi connectivity index (χ0v) is 18.5. The van der Waals surface area contributed by atoms with Gasteiger partial charge in [0.1, 0.15) is 5.75 Å². The summed E-state index contributed by atoms with van der Waals surface area (Å²) >= 11 is 6.43. The molecule has 1 aliphatic carbocycles. The summed E-state index contributed by atoms with van der Waals surface area (Å²) in [6.07, 6.45) is 0.456. The maximum absolute atomic E-state index is 13.2. The summed E-state index contributed by atoms with van der Waals surface area (Å²) in [5, 5.41) is 0.470. The smallest absolute Gasteiger partial charge is 0.323 e. The van der Waals surface area contributed by atoms with Crippen molar-refractivity contribution in [3.8, 4) is 5.75 Å². The van der Waals surface area contributed by atoms with Crippen molar-refractivity contribution in [3.05, 3.63) is 64.2 Å². The fourth-order valence-corrected chi connectivity index (χ4v) is 4.73. The molecule has 0 radical (unpaired) electrons. The third kappa shape index (κ3) is 3.67. The lowest BCUT2D eigenvalue weighted by Gasteiger charge is -2.45. The molecule has 2 aromatic rings. The molecule has 2 aromatic carbocycles. The number of benzene rings is 2. The Morgan fingerprint density at radius 3 is 2.23 bits per heavy atom. The standard InChI is InChI=1S/C24H27ClO5/c1-5-29-21(26)24(22(27)30-6-2)14-16-9-7-8-10-18(16)23(3,15-24)17-11-12-20(28-4)19(25)13-17/h7-13H,5-6,14-15H2,1-4H3. The highest BCUT2D eigenvalue weighted by Gasteiger charge is 2.57. The van der Waals surface area contributed by atoms with Gasteiger partial charge >= 0.3 is 11.9 Å². The molecule has 3 rings (SSSR count). The summed E-state index contributed by atoms with van der Waals surface area (Å²) in [6, 6.07) is 13.4. The number of esters is 2. The van der Waals surface area contributed by atoms with E-state index in [-0.39, 0.29) is 26.1 Å². The van der Waals surface area contributed by atoms with Gasteiger partial charge < -0.3 is 14.2 Å². The van der Waals surface area contributed by atoms with Crippen molar-refractivity contribution < 1.29 is 23.8 Å². The molecule has 0 bridgehead atoms. The number of fused-ring (bicyclic) bond motifs is 1. The van der Waals surface area contributed by atoms with E-state index in [2.05, 4.69) is 0 Å². The largest absolute Gasteiger partial charge is 0.495 e. The summed E-state index contributed by atoms with van der Waals surface area (Å²) in [5.74, 6) is -0.539. The number of methoxy groups -OCH3 is 1. The number of carbonyl (C=O) groups excluding carboxylic acids is 2. The second-order valence-electron chi connectivity index (χ2n) is 7.72. The minimum Gasteiger partial charge on any atom is -0.495 e. The van der Waals surface area contributed by atoms with E-state index in [9.17, 15) is 9.59 Å². The molecule has 0 fully saturated rings. The average molecular weight is 431 g/mol. The number of rotatable bonds is 6. The normalized spacial score (nSPS) is 19.5. The van der Waals surface area contributed by atoms with Gasteiger partial charge in [0.15, 0.2) is 5.41 Å². The van der Waals surface area contributed by atoms with Gasteiger partial charge in [-0.05, 0) is 55.5 Å². The van der Waals surface area contributed by atoms with Gasteiger partial charge in [0.25, 0.3) is 0 Å². The van der Waals surface area contributed by atoms with Gasteiger partial charge in [0, 0.05) is 5.41 Å². The van der Waals surface area contributed by atoms with Crippen molar-refractivity contribution in [3.63, 3.8) is 0 Å². The number of hydrogen-bond acceptors (Lipinski definition) is 5. The van der Waals surface area contributed by atoms with Crippen LogP contribution >= 0.6 is 11.6 Å². The lowest BCUT2D eigenvalue weighted by Crippen LogP contribution is -2.51. The van der Waals surface area contributed by atoms with Crippen LogP contribution in [0.15, 0.2) is 42.5 Å². The average Bonchev–Trinajstić information content (AvgIpc) is 2.73. The molecule has 6 heteroatoms. The van der Waals surface area contributed by atoms with Gasteiger partial charge in [-0.1, -0.05) is 48.9 Å². The molecule has 0 saturated heterocycles. The maximum Gasteiger partial charge on any atom is 0.323 e. The number of carbonyl (C=O) groups is 2. The van der Waals surface area contributed by atoms with E-state index < -0.39 is 22.8 Å². The van der Waals surface area contributed by atoms with Crippen molar-refractivity contribution in [1.29, 1.82) is 0 Å². The second-order valence-corrected chi connectivity index (χ2v) is 8.12. The summed E-state index contributed by atoms with van der Waals surface area (Å²) < 4.78 is 16.0. The van der Waals surface area contributed by atoms with Crippen molar-refractivity contribution in [2.75, 3.05) is 20.3 Å². The van der Waals surface area contributed by atoms with Crippen LogP contribution in [0, 0.1) is 5.41 Å². The lowest BCUT2D eigenvalue weighted by atomic mass is 9.58. The van der Waals surface area contributed by atoms with Crippen LogP contribution in [0.1, 0.15) is 43.9 Å². The van der Waals surface area contributed by atoms with Gasteiger partial charge in [0.05, 0.1) is 25.3 Å².